The second kappa shape index (κ2) is 7.31. The summed E-state index contributed by atoms with van der Waals surface area (Å²) >= 11 is 0. The van der Waals surface area contributed by atoms with Crippen molar-refractivity contribution >= 4 is 22.6 Å². The number of benzene rings is 1. The molecule has 0 radical (unpaired) electrons. The average molecular weight is 388 g/mol. The molecule has 1 aromatic carbocycles. The SMILES string of the molecule is CCc1nc2ccccc2n1CC(=O)N1CCC(c2nnc3ccccn23)CC1. The van der Waals surface area contributed by atoms with Gasteiger partial charge in [-0.3, -0.25) is 9.20 Å². The van der Waals surface area contributed by atoms with E-state index in [4.69, 9.17) is 0 Å². The number of fused-ring (bicyclic) bond motifs is 2. The molecule has 0 bridgehead atoms. The largest absolute Gasteiger partial charge is 0.341 e. The molecule has 148 valence electrons. The van der Waals surface area contributed by atoms with Gasteiger partial charge in [0.2, 0.25) is 5.91 Å². The van der Waals surface area contributed by atoms with Gasteiger partial charge in [-0.25, -0.2) is 4.98 Å². The smallest absolute Gasteiger partial charge is 0.242 e. The number of nitrogens with zero attached hydrogens (tertiary/aromatic N) is 6. The lowest BCUT2D eigenvalue weighted by molar-refractivity contribution is -0.132. The first kappa shape index (κ1) is 17.8. The molecule has 0 saturated carbocycles. The molecule has 0 N–H and O–H groups in total. The summed E-state index contributed by atoms with van der Waals surface area (Å²) in [7, 11) is 0. The fourth-order valence-electron chi connectivity index (χ4n) is 4.33. The minimum atomic E-state index is 0.160. The highest BCUT2D eigenvalue weighted by Gasteiger charge is 2.27. The second-order valence-electron chi connectivity index (χ2n) is 7.60. The molecule has 0 unspecified atom stereocenters. The zero-order valence-electron chi connectivity index (χ0n) is 16.5. The van der Waals surface area contributed by atoms with Gasteiger partial charge in [-0.2, -0.15) is 0 Å². The van der Waals surface area contributed by atoms with Crippen LogP contribution in [0.25, 0.3) is 16.7 Å². The molecule has 1 aliphatic heterocycles. The van der Waals surface area contributed by atoms with Crippen molar-refractivity contribution in [2.75, 3.05) is 13.1 Å². The zero-order chi connectivity index (χ0) is 19.8. The van der Waals surface area contributed by atoms with Crippen LogP contribution in [0.5, 0.6) is 0 Å². The van der Waals surface area contributed by atoms with E-state index in [9.17, 15) is 4.79 Å². The van der Waals surface area contributed by atoms with Crippen LogP contribution in [-0.2, 0) is 17.8 Å². The molecule has 7 nitrogen and oxygen atoms in total. The minimum Gasteiger partial charge on any atom is -0.341 e. The van der Waals surface area contributed by atoms with Gasteiger partial charge < -0.3 is 9.47 Å². The third-order valence-corrected chi connectivity index (χ3v) is 5.90. The van der Waals surface area contributed by atoms with Gasteiger partial charge >= 0.3 is 0 Å². The number of hydrogen-bond donors (Lipinski definition) is 0. The molecule has 0 spiro atoms. The van der Waals surface area contributed by atoms with E-state index in [0.717, 1.165) is 60.7 Å². The summed E-state index contributed by atoms with van der Waals surface area (Å²) in [4.78, 5) is 19.7. The van der Waals surface area contributed by atoms with Gasteiger partial charge in [-0.05, 0) is 37.1 Å². The standard InChI is InChI=1S/C22H24N6O/c1-2-19-23-17-7-3-4-8-18(17)28(19)15-21(29)26-13-10-16(11-14-26)22-25-24-20-9-5-6-12-27(20)22/h3-9,12,16H,2,10-11,13-15H2,1H3. The predicted octanol–water partition coefficient (Wildman–Crippen LogP) is 3.05. The second-order valence-corrected chi connectivity index (χ2v) is 7.60. The van der Waals surface area contributed by atoms with Crippen LogP contribution in [0.4, 0.5) is 0 Å². The number of carbonyl (C=O) groups is 1. The fraction of sp³-hybridized carbons (Fsp3) is 0.364. The van der Waals surface area contributed by atoms with Crippen LogP contribution >= 0.6 is 0 Å². The molecule has 7 heteroatoms. The van der Waals surface area contributed by atoms with Gasteiger partial charge in [0.15, 0.2) is 5.65 Å². The van der Waals surface area contributed by atoms with Crippen molar-refractivity contribution in [3.05, 3.63) is 60.3 Å². The highest BCUT2D eigenvalue weighted by molar-refractivity contribution is 5.81. The lowest BCUT2D eigenvalue weighted by Gasteiger charge is -2.31. The number of likely N-dealkylation sites (tertiary alicyclic amines) is 1. The highest BCUT2D eigenvalue weighted by Crippen LogP contribution is 2.27. The Morgan fingerprint density at radius 2 is 1.86 bits per heavy atom. The third kappa shape index (κ3) is 3.16. The quantitative estimate of drug-likeness (QED) is 0.539. The van der Waals surface area contributed by atoms with Crippen LogP contribution in [0.3, 0.4) is 0 Å². The van der Waals surface area contributed by atoms with Crippen molar-refractivity contribution in [1.29, 1.82) is 0 Å². The van der Waals surface area contributed by atoms with Crippen LogP contribution in [0.2, 0.25) is 0 Å². The predicted molar refractivity (Wildman–Crippen MR) is 111 cm³/mol. The van der Waals surface area contributed by atoms with Gasteiger partial charge in [0, 0.05) is 31.6 Å². The van der Waals surface area contributed by atoms with Crippen LogP contribution < -0.4 is 0 Å². The minimum absolute atomic E-state index is 0.160. The van der Waals surface area contributed by atoms with E-state index in [1.54, 1.807) is 0 Å². The monoisotopic (exact) mass is 388 g/mol. The van der Waals surface area contributed by atoms with Crippen molar-refractivity contribution in [3.63, 3.8) is 0 Å². The number of amides is 1. The number of pyridine rings is 1. The molecule has 3 aromatic heterocycles. The topological polar surface area (TPSA) is 68.3 Å². The molecular formula is C22H24N6O. The van der Waals surface area contributed by atoms with Crippen LogP contribution in [0, 0.1) is 0 Å². The van der Waals surface area contributed by atoms with E-state index in [1.165, 1.54) is 0 Å². The molecule has 4 aromatic rings. The Hall–Kier alpha value is -3.22. The fourth-order valence-corrected chi connectivity index (χ4v) is 4.33. The molecule has 1 fully saturated rings. The summed E-state index contributed by atoms with van der Waals surface area (Å²) in [6.45, 7) is 3.93. The van der Waals surface area contributed by atoms with Crippen molar-refractivity contribution in [2.45, 2.75) is 38.6 Å². The first-order valence-corrected chi connectivity index (χ1v) is 10.3. The van der Waals surface area contributed by atoms with Crippen molar-refractivity contribution < 1.29 is 4.79 Å². The van der Waals surface area contributed by atoms with Crippen molar-refractivity contribution in [3.8, 4) is 0 Å². The number of aromatic nitrogens is 5. The molecule has 1 aliphatic rings. The van der Waals surface area contributed by atoms with Gasteiger partial charge in [0.05, 0.1) is 11.0 Å². The average Bonchev–Trinajstić information content (AvgIpc) is 3.35. The molecule has 5 rings (SSSR count). The van der Waals surface area contributed by atoms with E-state index in [-0.39, 0.29) is 5.91 Å². The first-order valence-electron chi connectivity index (χ1n) is 10.3. The normalized spacial score (nSPS) is 15.4. The van der Waals surface area contributed by atoms with Crippen LogP contribution in [-0.4, -0.2) is 48.0 Å². The number of carbonyl (C=O) groups excluding carboxylic acids is 1. The van der Waals surface area contributed by atoms with Crippen molar-refractivity contribution in [2.24, 2.45) is 0 Å². The Balaban J connectivity index is 1.30. The summed E-state index contributed by atoms with van der Waals surface area (Å²) in [6.07, 6.45) is 4.64. The van der Waals surface area contributed by atoms with Gasteiger partial charge in [0.25, 0.3) is 0 Å². The Morgan fingerprint density at radius 1 is 1.07 bits per heavy atom. The maximum Gasteiger partial charge on any atom is 0.242 e. The van der Waals surface area contributed by atoms with E-state index in [2.05, 4.69) is 31.1 Å². The Bertz CT molecular complexity index is 1170. The summed E-state index contributed by atoms with van der Waals surface area (Å²) in [5, 5.41) is 8.67. The van der Waals surface area contributed by atoms with E-state index in [0.29, 0.717) is 12.5 Å². The maximum atomic E-state index is 13.0. The molecule has 29 heavy (non-hydrogen) atoms. The number of imidazole rings is 1. The molecular weight excluding hydrogens is 364 g/mol. The number of piperidine rings is 1. The van der Waals surface area contributed by atoms with Crippen LogP contribution in [0.1, 0.15) is 37.3 Å². The molecule has 4 heterocycles. The van der Waals surface area contributed by atoms with Gasteiger partial charge in [0.1, 0.15) is 18.2 Å². The summed E-state index contributed by atoms with van der Waals surface area (Å²) < 4.78 is 4.13. The zero-order valence-corrected chi connectivity index (χ0v) is 16.5. The molecule has 1 amide bonds. The summed E-state index contributed by atoms with van der Waals surface area (Å²) in [5.74, 6) is 2.45. The first-order chi connectivity index (χ1) is 14.2. The lowest BCUT2D eigenvalue weighted by Crippen LogP contribution is -2.40. The number of para-hydroxylation sites is 2. The third-order valence-electron chi connectivity index (χ3n) is 5.90. The Kier molecular flexibility index (Phi) is 4.50. The van der Waals surface area contributed by atoms with E-state index in [1.807, 2.05) is 53.6 Å². The maximum absolute atomic E-state index is 13.0. The summed E-state index contributed by atoms with van der Waals surface area (Å²) in [5.41, 5.74) is 2.86. The highest BCUT2D eigenvalue weighted by atomic mass is 16.2. The number of hydrogen-bond acceptors (Lipinski definition) is 4. The van der Waals surface area contributed by atoms with E-state index >= 15 is 0 Å². The summed E-state index contributed by atoms with van der Waals surface area (Å²) in [6, 6.07) is 14.0. The molecule has 0 aliphatic carbocycles. The molecule has 0 atom stereocenters. The van der Waals surface area contributed by atoms with Crippen LogP contribution in [0.15, 0.2) is 48.7 Å². The number of aryl methyl sites for hydroxylation is 1. The number of rotatable bonds is 4. The Labute approximate surface area is 169 Å². The lowest BCUT2D eigenvalue weighted by atomic mass is 9.96. The van der Waals surface area contributed by atoms with Gasteiger partial charge in [-0.1, -0.05) is 25.1 Å². The van der Waals surface area contributed by atoms with E-state index < -0.39 is 0 Å². The Morgan fingerprint density at radius 3 is 2.69 bits per heavy atom. The molecule has 1 saturated heterocycles. The van der Waals surface area contributed by atoms with Crippen molar-refractivity contribution in [1.82, 2.24) is 29.0 Å². The van der Waals surface area contributed by atoms with Gasteiger partial charge in [-0.15, -0.1) is 10.2 Å².